The van der Waals surface area contributed by atoms with Crippen LogP contribution in [0.15, 0.2) is 0 Å². The van der Waals surface area contributed by atoms with E-state index in [1.807, 2.05) is 13.8 Å². The Labute approximate surface area is 189 Å². The first-order valence-electron chi connectivity index (χ1n) is 11.4. The Morgan fingerprint density at radius 3 is 1.56 bits per heavy atom. The topological polar surface area (TPSA) is 130 Å². The summed E-state index contributed by atoms with van der Waals surface area (Å²) >= 11 is 0. The highest BCUT2D eigenvalue weighted by atomic mass is 16.8. The van der Waals surface area contributed by atoms with Crippen molar-refractivity contribution in [2.45, 2.75) is 102 Å². The van der Waals surface area contributed by atoms with Crippen molar-refractivity contribution in [2.24, 2.45) is 0 Å². The fourth-order valence-corrected chi connectivity index (χ4v) is 3.57. The van der Waals surface area contributed by atoms with Gasteiger partial charge in [0.2, 0.25) is 0 Å². The zero-order valence-electron chi connectivity index (χ0n) is 19.5. The van der Waals surface area contributed by atoms with Crippen LogP contribution in [0.4, 0.5) is 0 Å². The van der Waals surface area contributed by atoms with Gasteiger partial charge in [-0.1, -0.05) is 13.8 Å². The number of hydrogen-bond acceptors (Lipinski definition) is 10. The van der Waals surface area contributed by atoms with Gasteiger partial charge in [-0.05, 0) is 26.7 Å². The SMILES string of the molecule is CCCOC(=O)CCC1(C)OCC(C(O)C(O)C2COC(C)(CCC(=O)OCCC)O2)O1. The molecule has 2 rings (SSSR count). The van der Waals surface area contributed by atoms with Gasteiger partial charge in [0.15, 0.2) is 11.6 Å². The standard InChI is InChI=1S/C22H38O10/c1-5-11-27-17(23)7-9-21(3)29-13-15(31-21)19(25)20(26)16-14-30-22(4,32-16)10-8-18(24)28-12-6-2/h15-16,19-20,25-26H,5-14H2,1-4H3. The Hall–Kier alpha value is -1.30. The van der Waals surface area contributed by atoms with Crippen molar-refractivity contribution in [3.8, 4) is 0 Å². The third-order valence-corrected chi connectivity index (χ3v) is 5.52. The third-order valence-electron chi connectivity index (χ3n) is 5.52. The number of rotatable bonds is 13. The van der Waals surface area contributed by atoms with Crippen LogP contribution in [0, 0.1) is 0 Å². The maximum atomic E-state index is 11.7. The molecular weight excluding hydrogens is 424 g/mol. The third kappa shape index (κ3) is 7.93. The average Bonchev–Trinajstić information content (AvgIpc) is 3.36. The van der Waals surface area contributed by atoms with Crippen molar-refractivity contribution in [2.75, 3.05) is 26.4 Å². The van der Waals surface area contributed by atoms with Gasteiger partial charge in [0.25, 0.3) is 0 Å². The summed E-state index contributed by atoms with van der Waals surface area (Å²) < 4.78 is 33.0. The number of carbonyl (C=O) groups excluding carboxylic acids is 2. The van der Waals surface area contributed by atoms with Gasteiger partial charge in [-0.15, -0.1) is 0 Å². The maximum Gasteiger partial charge on any atom is 0.305 e. The van der Waals surface area contributed by atoms with Crippen LogP contribution in [0.5, 0.6) is 0 Å². The Bertz CT molecular complexity index is 562. The Balaban J connectivity index is 1.79. The molecule has 10 nitrogen and oxygen atoms in total. The monoisotopic (exact) mass is 462 g/mol. The molecule has 2 heterocycles. The quantitative estimate of drug-likeness (QED) is 0.388. The molecular formula is C22H38O10. The van der Waals surface area contributed by atoms with E-state index in [1.54, 1.807) is 13.8 Å². The first-order valence-corrected chi connectivity index (χ1v) is 11.4. The first kappa shape index (κ1) is 26.9. The Kier molecular flexibility index (Phi) is 10.3. The molecule has 2 N–H and O–H groups in total. The van der Waals surface area contributed by atoms with Crippen molar-refractivity contribution in [1.82, 2.24) is 0 Å². The fourth-order valence-electron chi connectivity index (χ4n) is 3.57. The average molecular weight is 463 g/mol. The Morgan fingerprint density at radius 1 is 0.844 bits per heavy atom. The van der Waals surface area contributed by atoms with Gasteiger partial charge in [-0.3, -0.25) is 9.59 Å². The molecule has 186 valence electrons. The van der Waals surface area contributed by atoms with Gasteiger partial charge in [0, 0.05) is 12.8 Å². The predicted molar refractivity (Wildman–Crippen MR) is 111 cm³/mol. The molecule has 2 fully saturated rings. The lowest BCUT2D eigenvalue weighted by molar-refractivity contribution is -0.199. The minimum absolute atomic E-state index is 0.0623. The van der Waals surface area contributed by atoms with Crippen LogP contribution >= 0.6 is 0 Å². The van der Waals surface area contributed by atoms with Gasteiger partial charge in [0.05, 0.1) is 39.3 Å². The highest BCUT2D eigenvalue weighted by Crippen LogP contribution is 2.34. The highest BCUT2D eigenvalue weighted by Gasteiger charge is 2.47. The van der Waals surface area contributed by atoms with E-state index < -0.39 is 36.0 Å². The zero-order valence-corrected chi connectivity index (χ0v) is 19.5. The summed E-state index contributed by atoms with van der Waals surface area (Å²) in [5.74, 6) is -2.79. The summed E-state index contributed by atoms with van der Waals surface area (Å²) in [6.45, 7) is 8.06. The zero-order chi connectivity index (χ0) is 23.8. The lowest BCUT2D eigenvalue weighted by Crippen LogP contribution is -2.47. The Morgan fingerprint density at radius 2 is 1.22 bits per heavy atom. The van der Waals surface area contributed by atoms with Crippen LogP contribution in [0.1, 0.15) is 66.2 Å². The van der Waals surface area contributed by atoms with Crippen LogP contribution in [0.2, 0.25) is 0 Å². The second kappa shape index (κ2) is 12.2. The van der Waals surface area contributed by atoms with E-state index in [0.29, 0.717) is 13.2 Å². The number of aliphatic hydroxyl groups is 2. The molecule has 10 heteroatoms. The highest BCUT2D eigenvalue weighted by molar-refractivity contribution is 5.69. The largest absolute Gasteiger partial charge is 0.466 e. The molecule has 32 heavy (non-hydrogen) atoms. The molecule has 0 spiro atoms. The van der Waals surface area contributed by atoms with Gasteiger partial charge >= 0.3 is 11.9 Å². The van der Waals surface area contributed by atoms with Crippen molar-refractivity contribution < 1.29 is 48.2 Å². The van der Waals surface area contributed by atoms with Crippen LogP contribution in [-0.2, 0) is 38.0 Å². The first-order chi connectivity index (χ1) is 15.1. The number of aliphatic hydroxyl groups excluding tert-OH is 2. The molecule has 6 unspecified atom stereocenters. The summed E-state index contributed by atoms with van der Waals surface area (Å²) in [4.78, 5) is 23.4. The molecule has 2 aliphatic heterocycles. The molecule has 0 amide bonds. The minimum Gasteiger partial charge on any atom is -0.466 e. The predicted octanol–water partition coefficient (Wildman–Crippen LogP) is 1.44. The van der Waals surface area contributed by atoms with E-state index in [0.717, 1.165) is 12.8 Å². The fraction of sp³-hybridized carbons (Fsp3) is 0.909. The molecule has 6 atom stereocenters. The molecule has 0 bridgehead atoms. The van der Waals surface area contributed by atoms with Crippen molar-refractivity contribution in [3.63, 3.8) is 0 Å². The van der Waals surface area contributed by atoms with E-state index in [-0.39, 0.29) is 50.8 Å². The lowest BCUT2D eigenvalue weighted by Gasteiger charge is -2.29. The second-order valence-electron chi connectivity index (χ2n) is 8.62. The van der Waals surface area contributed by atoms with Crippen molar-refractivity contribution in [3.05, 3.63) is 0 Å². The molecule has 0 aromatic rings. The van der Waals surface area contributed by atoms with Gasteiger partial charge in [-0.2, -0.15) is 0 Å². The van der Waals surface area contributed by atoms with E-state index in [1.165, 1.54) is 0 Å². The van der Waals surface area contributed by atoms with Gasteiger partial charge < -0.3 is 38.6 Å². The summed E-state index contributed by atoms with van der Waals surface area (Å²) in [5.41, 5.74) is 0. The molecule has 2 saturated heterocycles. The number of ether oxygens (including phenoxy) is 6. The van der Waals surface area contributed by atoms with E-state index in [4.69, 9.17) is 28.4 Å². The van der Waals surface area contributed by atoms with Gasteiger partial charge in [-0.25, -0.2) is 0 Å². The molecule has 0 aromatic heterocycles. The van der Waals surface area contributed by atoms with Crippen LogP contribution in [0.25, 0.3) is 0 Å². The van der Waals surface area contributed by atoms with Crippen molar-refractivity contribution in [1.29, 1.82) is 0 Å². The summed E-state index contributed by atoms with van der Waals surface area (Å²) in [6.07, 6.45) is -1.87. The summed E-state index contributed by atoms with van der Waals surface area (Å²) in [5, 5.41) is 21.3. The lowest BCUT2D eigenvalue weighted by atomic mass is 10.0. The normalized spacial score (nSPS) is 31.9. The van der Waals surface area contributed by atoms with Crippen LogP contribution in [0.3, 0.4) is 0 Å². The minimum atomic E-state index is -1.28. The van der Waals surface area contributed by atoms with E-state index in [2.05, 4.69) is 0 Å². The number of carbonyl (C=O) groups is 2. The van der Waals surface area contributed by atoms with Crippen LogP contribution in [-0.4, -0.2) is 84.6 Å². The smallest absolute Gasteiger partial charge is 0.305 e. The number of esters is 2. The number of hydrogen-bond donors (Lipinski definition) is 2. The molecule has 0 aromatic carbocycles. The summed E-state index contributed by atoms with van der Waals surface area (Å²) in [6, 6.07) is 0. The molecule has 0 radical (unpaired) electrons. The van der Waals surface area contributed by atoms with Gasteiger partial charge in [0.1, 0.15) is 24.4 Å². The molecule has 2 aliphatic rings. The second-order valence-corrected chi connectivity index (χ2v) is 8.62. The van der Waals surface area contributed by atoms with Crippen LogP contribution < -0.4 is 0 Å². The van der Waals surface area contributed by atoms with E-state index in [9.17, 15) is 19.8 Å². The summed E-state index contributed by atoms with van der Waals surface area (Å²) in [7, 11) is 0. The molecule has 0 aliphatic carbocycles. The molecule has 0 saturated carbocycles. The van der Waals surface area contributed by atoms with Crippen molar-refractivity contribution >= 4 is 11.9 Å². The maximum absolute atomic E-state index is 11.7. The van der Waals surface area contributed by atoms with E-state index >= 15 is 0 Å².